The standard InChI is InChI=1S/C17H14/c1-2-15-16-10-5-3-4-8-13(16)12-14-9-6-7-11-17(14)15/h2,4-12H,1,3H2. The minimum Gasteiger partial charge on any atom is -0.0984 e. The smallest absolute Gasteiger partial charge is 0.0105 e. The van der Waals surface area contributed by atoms with Crippen molar-refractivity contribution in [2.45, 2.75) is 6.42 Å². The minimum atomic E-state index is 1.00. The van der Waals surface area contributed by atoms with Gasteiger partial charge in [-0.25, -0.2) is 0 Å². The second-order valence-electron chi connectivity index (χ2n) is 4.26. The number of rotatable bonds is 1. The van der Waals surface area contributed by atoms with Crippen molar-refractivity contribution >= 4 is 29.0 Å². The summed E-state index contributed by atoms with van der Waals surface area (Å²) in [5, 5.41) is 2.56. The zero-order valence-electron chi connectivity index (χ0n) is 9.69. The van der Waals surface area contributed by atoms with Gasteiger partial charge in [0, 0.05) is 0 Å². The fourth-order valence-electron chi connectivity index (χ4n) is 2.42. The summed E-state index contributed by atoms with van der Waals surface area (Å²) < 4.78 is 0. The van der Waals surface area contributed by atoms with Gasteiger partial charge >= 0.3 is 0 Å². The van der Waals surface area contributed by atoms with Crippen LogP contribution >= 0.6 is 0 Å². The van der Waals surface area contributed by atoms with Crippen molar-refractivity contribution in [3.05, 3.63) is 65.8 Å². The maximum absolute atomic E-state index is 3.96. The van der Waals surface area contributed by atoms with Crippen molar-refractivity contribution in [3.63, 3.8) is 0 Å². The lowest BCUT2D eigenvalue weighted by molar-refractivity contribution is 1.44. The predicted molar refractivity (Wildman–Crippen MR) is 76.7 cm³/mol. The number of fused-ring (bicyclic) bond motifs is 2. The Kier molecular flexibility index (Phi) is 2.41. The lowest BCUT2D eigenvalue weighted by Crippen LogP contribution is -1.88. The van der Waals surface area contributed by atoms with Crippen LogP contribution in [0.15, 0.2) is 49.1 Å². The molecule has 2 aromatic rings. The van der Waals surface area contributed by atoms with Crippen LogP contribution < -0.4 is 0 Å². The summed E-state index contributed by atoms with van der Waals surface area (Å²) in [6.45, 7) is 3.96. The van der Waals surface area contributed by atoms with E-state index in [1.165, 1.54) is 27.5 Å². The van der Waals surface area contributed by atoms with Crippen LogP contribution in [0.3, 0.4) is 0 Å². The number of benzene rings is 2. The first-order chi connectivity index (χ1) is 8.40. The van der Waals surface area contributed by atoms with Gasteiger partial charge in [-0.3, -0.25) is 0 Å². The van der Waals surface area contributed by atoms with E-state index in [4.69, 9.17) is 0 Å². The summed E-state index contributed by atoms with van der Waals surface area (Å²) >= 11 is 0. The minimum absolute atomic E-state index is 1.00. The van der Waals surface area contributed by atoms with E-state index in [1.54, 1.807) is 0 Å². The first kappa shape index (κ1) is 10.1. The van der Waals surface area contributed by atoms with Crippen LogP contribution in [0, 0.1) is 0 Å². The van der Waals surface area contributed by atoms with Crippen LogP contribution in [0.25, 0.3) is 29.0 Å². The van der Waals surface area contributed by atoms with Crippen LogP contribution in [-0.2, 0) is 0 Å². The highest BCUT2D eigenvalue weighted by molar-refractivity contribution is 5.97. The molecule has 0 saturated heterocycles. The van der Waals surface area contributed by atoms with Crippen LogP contribution in [-0.4, -0.2) is 0 Å². The molecule has 0 fully saturated rings. The molecule has 0 N–H and O–H groups in total. The Balaban J connectivity index is 2.47. The molecule has 3 rings (SSSR count). The van der Waals surface area contributed by atoms with E-state index in [-0.39, 0.29) is 0 Å². The number of allylic oxidation sites excluding steroid dienone is 2. The molecule has 17 heavy (non-hydrogen) atoms. The van der Waals surface area contributed by atoms with Crippen molar-refractivity contribution in [2.24, 2.45) is 0 Å². The summed E-state index contributed by atoms with van der Waals surface area (Å²) in [7, 11) is 0. The average molecular weight is 218 g/mol. The molecule has 1 aliphatic carbocycles. The van der Waals surface area contributed by atoms with Crippen LogP contribution in [0.4, 0.5) is 0 Å². The Labute approximate surface area is 102 Å². The SMILES string of the molecule is C=Cc1c2c(cc3ccccc13)C=CCC=C2. The number of hydrogen-bond acceptors (Lipinski definition) is 0. The van der Waals surface area contributed by atoms with Crippen LogP contribution in [0.1, 0.15) is 23.1 Å². The van der Waals surface area contributed by atoms with Crippen molar-refractivity contribution in [3.8, 4) is 0 Å². The molecule has 1 aliphatic rings. The maximum atomic E-state index is 3.96. The first-order valence-electron chi connectivity index (χ1n) is 5.91. The van der Waals surface area contributed by atoms with E-state index in [2.05, 4.69) is 61.2 Å². The molecule has 82 valence electrons. The fourth-order valence-corrected chi connectivity index (χ4v) is 2.42. The highest BCUT2D eigenvalue weighted by atomic mass is 14.1. The van der Waals surface area contributed by atoms with E-state index in [0.717, 1.165) is 6.42 Å². The second-order valence-corrected chi connectivity index (χ2v) is 4.26. The molecule has 0 bridgehead atoms. The summed E-state index contributed by atoms with van der Waals surface area (Å²) in [5.74, 6) is 0. The Morgan fingerprint density at radius 3 is 2.76 bits per heavy atom. The molecule has 0 atom stereocenters. The highest BCUT2D eigenvalue weighted by Gasteiger charge is 2.08. The van der Waals surface area contributed by atoms with E-state index in [1.807, 2.05) is 6.08 Å². The van der Waals surface area contributed by atoms with Gasteiger partial charge in [-0.1, -0.05) is 61.2 Å². The highest BCUT2D eigenvalue weighted by Crippen LogP contribution is 2.30. The van der Waals surface area contributed by atoms with Crippen LogP contribution in [0.5, 0.6) is 0 Å². The second kappa shape index (κ2) is 4.06. The molecular weight excluding hydrogens is 204 g/mol. The van der Waals surface area contributed by atoms with Gasteiger partial charge in [-0.15, -0.1) is 0 Å². The quantitative estimate of drug-likeness (QED) is 0.637. The van der Waals surface area contributed by atoms with Gasteiger partial charge in [0.05, 0.1) is 0 Å². The van der Waals surface area contributed by atoms with E-state index in [9.17, 15) is 0 Å². The van der Waals surface area contributed by atoms with Crippen LogP contribution in [0.2, 0.25) is 0 Å². The molecule has 0 aliphatic heterocycles. The number of hydrogen-bond donors (Lipinski definition) is 0. The van der Waals surface area contributed by atoms with Gasteiger partial charge in [-0.05, 0) is 39.9 Å². The topological polar surface area (TPSA) is 0 Å². The first-order valence-corrected chi connectivity index (χ1v) is 5.91. The van der Waals surface area contributed by atoms with Gasteiger partial charge in [0.1, 0.15) is 0 Å². The zero-order chi connectivity index (χ0) is 11.7. The van der Waals surface area contributed by atoms with E-state index in [0.29, 0.717) is 0 Å². The maximum Gasteiger partial charge on any atom is -0.0105 e. The fraction of sp³-hybridized carbons (Fsp3) is 0.0588. The van der Waals surface area contributed by atoms with Crippen molar-refractivity contribution in [1.29, 1.82) is 0 Å². The normalized spacial score (nSPS) is 13.4. The lowest BCUT2D eigenvalue weighted by atomic mass is 9.94. The molecule has 2 aromatic carbocycles. The largest absolute Gasteiger partial charge is 0.0984 e. The Morgan fingerprint density at radius 2 is 1.88 bits per heavy atom. The molecule has 0 amide bonds. The third-order valence-corrected chi connectivity index (χ3v) is 3.22. The third kappa shape index (κ3) is 1.62. The van der Waals surface area contributed by atoms with E-state index >= 15 is 0 Å². The Morgan fingerprint density at radius 1 is 1.06 bits per heavy atom. The van der Waals surface area contributed by atoms with E-state index < -0.39 is 0 Å². The molecule has 0 radical (unpaired) electrons. The summed E-state index contributed by atoms with van der Waals surface area (Å²) in [5.41, 5.74) is 3.81. The monoisotopic (exact) mass is 218 g/mol. The van der Waals surface area contributed by atoms with Crippen molar-refractivity contribution in [2.75, 3.05) is 0 Å². The zero-order valence-corrected chi connectivity index (χ0v) is 9.69. The molecule has 0 spiro atoms. The van der Waals surface area contributed by atoms with Crippen molar-refractivity contribution in [1.82, 2.24) is 0 Å². The van der Waals surface area contributed by atoms with Gasteiger partial charge in [-0.2, -0.15) is 0 Å². The van der Waals surface area contributed by atoms with Gasteiger partial charge in [0.15, 0.2) is 0 Å². The Bertz CT molecular complexity index is 642. The molecule has 0 heterocycles. The Hall–Kier alpha value is -2.08. The molecule has 0 nitrogen and oxygen atoms in total. The summed E-state index contributed by atoms with van der Waals surface area (Å²) in [6, 6.07) is 10.7. The summed E-state index contributed by atoms with van der Waals surface area (Å²) in [6.07, 6.45) is 11.8. The summed E-state index contributed by atoms with van der Waals surface area (Å²) in [4.78, 5) is 0. The molecular formula is C17H14. The predicted octanol–water partition coefficient (Wildman–Crippen LogP) is 4.91. The third-order valence-electron chi connectivity index (χ3n) is 3.22. The van der Waals surface area contributed by atoms with Gasteiger partial charge in [0.25, 0.3) is 0 Å². The van der Waals surface area contributed by atoms with Gasteiger partial charge < -0.3 is 0 Å². The molecule has 0 saturated carbocycles. The molecule has 0 unspecified atom stereocenters. The average Bonchev–Trinajstić information content (AvgIpc) is 2.60. The van der Waals surface area contributed by atoms with Crippen molar-refractivity contribution < 1.29 is 0 Å². The van der Waals surface area contributed by atoms with Gasteiger partial charge in [0.2, 0.25) is 0 Å². The molecule has 0 aromatic heterocycles. The molecule has 0 heteroatoms. The lowest BCUT2D eigenvalue weighted by Gasteiger charge is -2.10.